The fourth-order valence-electron chi connectivity index (χ4n) is 3.91. The summed E-state index contributed by atoms with van der Waals surface area (Å²) < 4.78 is 10.5. The van der Waals surface area contributed by atoms with Crippen molar-refractivity contribution in [3.05, 3.63) is 77.9 Å². The number of amides is 1. The normalized spacial score (nSPS) is 12.6. The fourth-order valence-corrected chi connectivity index (χ4v) is 3.91. The summed E-state index contributed by atoms with van der Waals surface area (Å²) >= 11 is 0. The van der Waals surface area contributed by atoms with Crippen LogP contribution in [0.25, 0.3) is 22.4 Å². The van der Waals surface area contributed by atoms with Gasteiger partial charge in [-0.25, -0.2) is 9.78 Å². The molecule has 1 aliphatic rings. The number of fused-ring (bicyclic) bond motifs is 2. The van der Waals surface area contributed by atoms with Gasteiger partial charge in [-0.05, 0) is 60.5 Å². The van der Waals surface area contributed by atoms with Crippen LogP contribution in [-0.2, 0) is 16.0 Å². The second kappa shape index (κ2) is 8.19. The summed E-state index contributed by atoms with van der Waals surface area (Å²) in [6.45, 7) is 0.301. The Kier molecular flexibility index (Phi) is 5.07. The van der Waals surface area contributed by atoms with E-state index < -0.39 is 5.97 Å². The van der Waals surface area contributed by atoms with Crippen LogP contribution in [0.5, 0.6) is 5.75 Å². The molecule has 160 valence electrons. The molecule has 1 N–H and O–H groups in total. The number of imidazole rings is 1. The van der Waals surface area contributed by atoms with Crippen LogP contribution in [0, 0.1) is 0 Å². The first-order chi connectivity index (χ1) is 15.6. The topological polar surface area (TPSA) is 84.5 Å². The molecule has 32 heavy (non-hydrogen) atoms. The lowest BCUT2D eigenvalue weighted by molar-refractivity contribution is -0.121. The molecule has 0 unspecified atom stereocenters. The molecular weight excluding hydrogens is 406 g/mol. The van der Waals surface area contributed by atoms with Crippen molar-refractivity contribution in [3.63, 3.8) is 0 Å². The second-order valence-electron chi connectivity index (χ2n) is 7.55. The van der Waals surface area contributed by atoms with Crippen LogP contribution in [0.4, 0.5) is 5.69 Å². The van der Waals surface area contributed by atoms with Crippen molar-refractivity contribution in [1.82, 2.24) is 9.97 Å². The molecule has 1 aliphatic heterocycles. The van der Waals surface area contributed by atoms with Crippen molar-refractivity contribution in [1.29, 1.82) is 0 Å². The molecule has 0 bridgehead atoms. The molecule has 1 amide bonds. The minimum absolute atomic E-state index is 0.229. The zero-order chi connectivity index (χ0) is 22.1. The van der Waals surface area contributed by atoms with E-state index in [-0.39, 0.29) is 12.5 Å². The molecule has 4 aromatic rings. The third kappa shape index (κ3) is 3.69. The SMILES string of the molecule is COc1ccc(-c2nc3ccc(C(=O)OCC(=O)N4CCc5ccccc54)cc3[nH]2)cc1. The maximum Gasteiger partial charge on any atom is 0.338 e. The van der Waals surface area contributed by atoms with E-state index >= 15 is 0 Å². The van der Waals surface area contributed by atoms with Crippen LogP contribution in [0.15, 0.2) is 66.7 Å². The van der Waals surface area contributed by atoms with Crippen molar-refractivity contribution < 1.29 is 19.1 Å². The Hall–Kier alpha value is -4.13. The van der Waals surface area contributed by atoms with Crippen LogP contribution < -0.4 is 9.64 Å². The number of para-hydroxylation sites is 1. The molecule has 0 fully saturated rings. The number of methoxy groups -OCH3 is 1. The number of nitrogens with zero attached hydrogens (tertiary/aromatic N) is 2. The number of aromatic amines is 1. The summed E-state index contributed by atoms with van der Waals surface area (Å²) in [4.78, 5) is 34.6. The minimum atomic E-state index is -0.548. The summed E-state index contributed by atoms with van der Waals surface area (Å²) in [5.41, 5.74) is 4.73. The highest BCUT2D eigenvalue weighted by molar-refractivity contribution is 5.99. The Bertz CT molecular complexity index is 1310. The number of ether oxygens (including phenoxy) is 2. The van der Waals surface area contributed by atoms with Gasteiger partial charge in [0.1, 0.15) is 11.6 Å². The number of esters is 1. The van der Waals surface area contributed by atoms with Crippen LogP contribution in [0.2, 0.25) is 0 Å². The van der Waals surface area contributed by atoms with E-state index in [1.807, 2.05) is 48.5 Å². The quantitative estimate of drug-likeness (QED) is 0.487. The Morgan fingerprint density at radius 2 is 1.88 bits per heavy atom. The van der Waals surface area contributed by atoms with E-state index in [1.165, 1.54) is 0 Å². The lowest BCUT2D eigenvalue weighted by Gasteiger charge is -2.17. The molecule has 0 radical (unpaired) electrons. The standard InChI is InChI=1S/C25H21N3O4/c1-31-19-9-6-17(7-10-19)24-26-20-11-8-18(14-21(20)27-24)25(30)32-15-23(29)28-13-12-16-4-2-3-5-22(16)28/h2-11,14H,12-13,15H2,1H3,(H,26,27). The molecule has 0 spiro atoms. The van der Waals surface area contributed by atoms with Gasteiger partial charge in [-0.1, -0.05) is 18.2 Å². The number of H-pyrrole nitrogens is 1. The fraction of sp³-hybridized carbons (Fsp3) is 0.160. The molecule has 3 aromatic carbocycles. The lowest BCUT2D eigenvalue weighted by Crippen LogP contribution is -2.33. The molecule has 7 heteroatoms. The van der Waals surface area contributed by atoms with E-state index in [9.17, 15) is 9.59 Å². The number of aromatic nitrogens is 2. The van der Waals surface area contributed by atoms with Gasteiger partial charge in [0, 0.05) is 17.8 Å². The molecular formula is C25H21N3O4. The number of benzene rings is 3. The molecule has 0 aliphatic carbocycles. The van der Waals surface area contributed by atoms with Gasteiger partial charge in [-0.15, -0.1) is 0 Å². The van der Waals surface area contributed by atoms with Crippen molar-refractivity contribution in [3.8, 4) is 17.1 Å². The summed E-state index contributed by atoms with van der Waals surface area (Å²) in [6, 6.07) is 20.4. The molecule has 0 saturated carbocycles. The highest BCUT2D eigenvalue weighted by Gasteiger charge is 2.25. The minimum Gasteiger partial charge on any atom is -0.497 e. The number of carbonyl (C=O) groups is 2. The van der Waals surface area contributed by atoms with Crippen molar-refractivity contribution in [2.24, 2.45) is 0 Å². The van der Waals surface area contributed by atoms with Gasteiger partial charge in [-0.3, -0.25) is 4.79 Å². The summed E-state index contributed by atoms with van der Waals surface area (Å²) in [5, 5.41) is 0. The smallest absolute Gasteiger partial charge is 0.338 e. The van der Waals surface area contributed by atoms with E-state index in [1.54, 1.807) is 30.2 Å². The predicted octanol–water partition coefficient (Wildman–Crippen LogP) is 3.98. The summed E-state index contributed by atoms with van der Waals surface area (Å²) in [5.74, 6) is 0.680. The first-order valence-electron chi connectivity index (χ1n) is 10.3. The molecule has 7 nitrogen and oxygen atoms in total. The Morgan fingerprint density at radius 1 is 1.06 bits per heavy atom. The van der Waals surface area contributed by atoms with Crippen LogP contribution in [0.1, 0.15) is 15.9 Å². The third-order valence-corrected chi connectivity index (χ3v) is 5.60. The number of carbonyl (C=O) groups excluding carboxylic acids is 2. The molecule has 5 rings (SSSR count). The van der Waals surface area contributed by atoms with Gasteiger partial charge in [0.2, 0.25) is 0 Å². The number of hydrogen-bond donors (Lipinski definition) is 1. The Balaban J connectivity index is 1.28. The lowest BCUT2D eigenvalue weighted by atomic mass is 10.2. The number of rotatable bonds is 5. The zero-order valence-electron chi connectivity index (χ0n) is 17.5. The molecule has 0 atom stereocenters. The molecule has 0 saturated heterocycles. The first kappa shape index (κ1) is 19.8. The van der Waals surface area contributed by atoms with Gasteiger partial charge in [0.25, 0.3) is 5.91 Å². The number of hydrogen-bond acceptors (Lipinski definition) is 5. The molecule has 1 aromatic heterocycles. The monoisotopic (exact) mass is 427 g/mol. The van der Waals surface area contributed by atoms with Gasteiger partial charge < -0.3 is 19.4 Å². The van der Waals surface area contributed by atoms with Gasteiger partial charge in [-0.2, -0.15) is 0 Å². The number of nitrogens with one attached hydrogen (secondary N) is 1. The van der Waals surface area contributed by atoms with Gasteiger partial charge >= 0.3 is 5.97 Å². The number of anilines is 1. The average molecular weight is 427 g/mol. The van der Waals surface area contributed by atoms with Crippen molar-refractivity contribution >= 4 is 28.6 Å². The predicted molar refractivity (Wildman–Crippen MR) is 121 cm³/mol. The van der Waals surface area contributed by atoms with E-state index in [0.717, 1.165) is 34.5 Å². The average Bonchev–Trinajstić information content (AvgIpc) is 3.46. The second-order valence-corrected chi connectivity index (χ2v) is 7.55. The van der Waals surface area contributed by atoms with Crippen LogP contribution >= 0.6 is 0 Å². The van der Waals surface area contributed by atoms with Crippen molar-refractivity contribution in [2.45, 2.75) is 6.42 Å². The maximum absolute atomic E-state index is 12.6. The van der Waals surface area contributed by atoms with E-state index in [0.29, 0.717) is 23.4 Å². The maximum atomic E-state index is 12.6. The van der Waals surface area contributed by atoms with Gasteiger partial charge in [0.15, 0.2) is 6.61 Å². The zero-order valence-corrected chi connectivity index (χ0v) is 17.5. The largest absolute Gasteiger partial charge is 0.497 e. The first-order valence-corrected chi connectivity index (χ1v) is 10.3. The van der Waals surface area contributed by atoms with E-state index in [4.69, 9.17) is 9.47 Å². The van der Waals surface area contributed by atoms with E-state index in [2.05, 4.69) is 9.97 Å². The van der Waals surface area contributed by atoms with Crippen LogP contribution in [0.3, 0.4) is 0 Å². The summed E-state index contributed by atoms with van der Waals surface area (Å²) in [6.07, 6.45) is 0.808. The summed E-state index contributed by atoms with van der Waals surface area (Å²) in [7, 11) is 1.62. The highest BCUT2D eigenvalue weighted by Crippen LogP contribution is 2.27. The van der Waals surface area contributed by atoms with Gasteiger partial charge in [0.05, 0.1) is 23.7 Å². The molecule has 2 heterocycles. The highest BCUT2D eigenvalue weighted by atomic mass is 16.5. The van der Waals surface area contributed by atoms with Crippen molar-refractivity contribution in [2.75, 3.05) is 25.2 Å². The van der Waals surface area contributed by atoms with Crippen LogP contribution in [-0.4, -0.2) is 42.1 Å². The Morgan fingerprint density at radius 3 is 2.69 bits per heavy atom. The third-order valence-electron chi connectivity index (χ3n) is 5.60. The Labute approximate surface area is 184 Å².